The number of methoxy groups -OCH3 is 1. The number of amides is 1. The van der Waals surface area contributed by atoms with Gasteiger partial charge in [-0.25, -0.2) is 13.8 Å². The highest BCUT2D eigenvalue weighted by molar-refractivity contribution is 9.10. The summed E-state index contributed by atoms with van der Waals surface area (Å²) in [5.74, 6) is 0.0243. The molecule has 0 aliphatic rings. The van der Waals surface area contributed by atoms with Crippen molar-refractivity contribution in [1.82, 2.24) is 9.99 Å². The number of hydrogen-bond donors (Lipinski definition) is 1. The maximum atomic E-state index is 12.4. The molecule has 1 amide bonds. The van der Waals surface area contributed by atoms with Gasteiger partial charge < -0.3 is 9.30 Å². The van der Waals surface area contributed by atoms with Gasteiger partial charge in [0.2, 0.25) is 10.0 Å². The number of anilines is 1. The topological polar surface area (TPSA) is 93.0 Å². The Morgan fingerprint density at radius 3 is 2.36 bits per heavy atom. The summed E-state index contributed by atoms with van der Waals surface area (Å²) in [5.41, 5.74) is 6.60. The van der Waals surface area contributed by atoms with Gasteiger partial charge in [-0.1, -0.05) is 15.9 Å². The Morgan fingerprint density at radius 2 is 1.79 bits per heavy atom. The number of hydrazone groups is 1. The van der Waals surface area contributed by atoms with Crippen molar-refractivity contribution in [1.29, 1.82) is 0 Å². The van der Waals surface area contributed by atoms with Crippen LogP contribution in [0.4, 0.5) is 5.69 Å². The van der Waals surface area contributed by atoms with Gasteiger partial charge in [-0.2, -0.15) is 5.10 Å². The maximum Gasteiger partial charge on any atom is 0.260 e. The Labute approximate surface area is 202 Å². The highest BCUT2D eigenvalue weighted by Gasteiger charge is 2.20. The predicted octanol–water partition coefficient (Wildman–Crippen LogP) is 3.78. The number of carbonyl (C=O) groups excluding carboxylic acids is 1. The summed E-state index contributed by atoms with van der Waals surface area (Å²) >= 11 is 3.44. The molecular weight excluding hydrogens is 508 g/mol. The van der Waals surface area contributed by atoms with E-state index in [1.807, 2.05) is 44.2 Å². The third-order valence-electron chi connectivity index (χ3n) is 5.00. The highest BCUT2D eigenvalue weighted by Crippen LogP contribution is 2.22. The van der Waals surface area contributed by atoms with Crippen LogP contribution in [0.1, 0.15) is 17.0 Å². The lowest BCUT2D eigenvalue weighted by Crippen LogP contribution is -2.39. The van der Waals surface area contributed by atoms with Gasteiger partial charge in [0.1, 0.15) is 12.3 Å². The first kappa shape index (κ1) is 24.5. The fraction of sp³-hybridized carbons (Fsp3) is 0.217. The van der Waals surface area contributed by atoms with Crippen LogP contribution < -0.4 is 14.5 Å². The summed E-state index contributed by atoms with van der Waals surface area (Å²) < 4.78 is 33.6. The molecule has 10 heteroatoms. The minimum atomic E-state index is -3.68. The van der Waals surface area contributed by atoms with Gasteiger partial charge in [0.05, 0.1) is 25.3 Å². The molecule has 8 nitrogen and oxygen atoms in total. The third-order valence-corrected chi connectivity index (χ3v) is 6.67. The van der Waals surface area contributed by atoms with Crippen LogP contribution in [0.15, 0.2) is 64.2 Å². The first-order valence-corrected chi connectivity index (χ1v) is 12.6. The van der Waals surface area contributed by atoms with E-state index in [4.69, 9.17) is 4.74 Å². The summed E-state index contributed by atoms with van der Waals surface area (Å²) in [7, 11) is -2.16. The third kappa shape index (κ3) is 6.02. The molecule has 0 radical (unpaired) electrons. The normalized spacial score (nSPS) is 11.5. The van der Waals surface area contributed by atoms with Gasteiger partial charge in [0, 0.05) is 27.1 Å². The fourth-order valence-corrected chi connectivity index (χ4v) is 4.51. The number of ether oxygens (including phenoxy) is 1. The number of halogens is 1. The number of nitrogens with one attached hydrogen (secondary N) is 1. The number of aryl methyl sites for hydroxylation is 1. The molecule has 33 heavy (non-hydrogen) atoms. The standard InChI is InChI=1S/C23H25BrN4O4S/c1-16-13-18(17(2)28(16)21-7-5-19(24)6-8-21)14-25-26-23(29)15-27(33(4,30)31)20-9-11-22(32-3)12-10-20/h5-14H,15H2,1-4H3,(H,26,29)/b25-14-. The zero-order valence-electron chi connectivity index (χ0n) is 18.7. The molecule has 0 aliphatic heterocycles. The van der Waals surface area contributed by atoms with Crippen LogP contribution in [-0.4, -0.2) is 45.0 Å². The van der Waals surface area contributed by atoms with Gasteiger partial charge in [0.25, 0.3) is 5.91 Å². The van der Waals surface area contributed by atoms with Crippen molar-refractivity contribution in [3.05, 3.63) is 76.0 Å². The van der Waals surface area contributed by atoms with E-state index < -0.39 is 22.5 Å². The molecule has 3 aromatic rings. The summed E-state index contributed by atoms with van der Waals surface area (Å²) in [4.78, 5) is 12.4. The van der Waals surface area contributed by atoms with E-state index in [1.165, 1.54) is 7.11 Å². The van der Waals surface area contributed by atoms with E-state index in [0.29, 0.717) is 11.4 Å². The van der Waals surface area contributed by atoms with Gasteiger partial charge in [-0.05, 0) is 68.4 Å². The molecule has 0 saturated heterocycles. The average molecular weight is 533 g/mol. The van der Waals surface area contributed by atoms with Gasteiger partial charge in [-0.3, -0.25) is 9.10 Å². The van der Waals surface area contributed by atoms with E-state index in [9.17, 15) is 13.2 Å². The molecule has 0 atom stereocenters. The molecule has 174 valence electrons. The van der Waals surface area contributed by atoms with E-state index in [-0.39, 0.29) is 0 Å². The predicted molar refractivity (Wildman–Crippen MR) is 134 cm³/mol. The van der Waals surface area contributed by atoms with Crippen molar-refractivity contribution < 1.29 is 17.9 Å². The smallest absolute Gasteiger partial charge is 0.260 e. The molecular formula is C23H25BrN4O4S. The first-order chi connectivity index (χ1) is 15.6. The SMILES string of the molecule is COc1ccc(N(CC(=O)N/N=C\c2cc(C)n(-c3ccc(Br)cc3)c2C)S(C)(=O)=O)cc1. The molecule has 0 bridgehead atoms. The zero-order chi connectivity index (χ0) is 24.2. The highest BCUT2D eigenvalue weighted by atomic mass is 79.9. The number of aromatic nitrogens is 1. The van der Waals surface area contributed by atoms with E-state index in [0.717, 1.165) is 37.7 Å². The van der Waals surface area contributed by atoms with Crippen molar-refractivity contribution in [3.63, 3.8) is 0 Å². The lowest BCUT2D eigenvalue weighted by molar-refractivity contribution is -0.119. The van der Waals surface area contributed by atoms with Crippen LogP contribution in [0, 0.1) is 13.8 Å². The largest absolute Gasteiger partial charge is 0.497 e. The summed E-state index contributed by atoms with van der Waals surface area (Å²) in [5, 5.41) is 4.03. The quantitative estimate of drug-likeness (QED) is 0.353. The first-order valence-electron chi connectivity index (χ1n) is 9.98. The number of benzene rings is 2. The van der Waals surface area contributed by atoms with Crippen molar-refractivity contribution in [2.75, 3.05) is 24.2 Å². The van der Waals surface area contributed by atoms with Crippen LogP contribution in [0.25, 0.3) is 5.69 Å². The number of sulfonamides is 1. The van der Waals surface area contributed by atoms with Gasteiger partial charge >= 0.3 is 0 Å². The maximum absolute atomic E-state index is 12.4. The van der Waals surface area contributed by atoms with Crippen LogP contribution in [0.5, 0.6) is 5.75 Å². The van der Waals surface area contributed by atoms with Crippen LogP contribution in [0.3, 0.4) is 0 Å². The van der Waals surface area contributed by atoms with Crippen LogP contribution in [0.2, 0.25) is 0 Å². The molecule has 1 aromatic heterocycles. The summed E-state index contributed by atoms with van der Waals surface area (Å²) in [6, 6.07) is 16.3. The lowest BCUT2D eigenvalue weighted by Gasteiger charge is -2.21. The zero-order valence-corrected chi connectivity index (χ0v) is 21.1. The Hall–Kier alpha value is -3.11. The van der Waals surface area contributed by atoms with Crippen molar-refractivity contribution >= 4 is 43.8 Å². The Balaban J connectivity index is 1.72. The van der Waals surface area contributed by atoms with Gasteiger partial charge in [-0.15, -0.1) is 0 Å². The minimum absolute atomic E-state index is 0.357. The molecule has 2 aromatic carbocycles. The molecule has 0 spiro atoms. The Morgan fingerprint density at radius 1 is 1.15 bits per heavy atom. The Kier molecular flexibility index (Phi) is 7.60. The molecule has 0 fully saturated rings. The minimum Gasteiger partial charge on any atom is -0.497 e. The van der Waals surface area contributed by atoms with Gasteiger partial charge in [0.15, 0.2) is 0 Å². The molecule has 1 N–H and O–H groups in total. The van der Waals surface area contributed by atoms with E-state index >= 15 is 0 Å². The second kappa shape index (κ2) is 10.2. The molecule has 3 rings (SSSR count). The lowest BCUT2D eigenvalue weighted by atomic mass is 10.2. The number of hydrogen-bond acceptors (Lipinski definition) is 5. The molecule has 0 aliphatic carbocycles. The van der Waals surface area contributed by atoms with E-state index in [2.05, 4.69) is 31.0 Å². The van der Waals surface area contributed by atoms with Crippen molar-refractivity contribution in [2.24, 2.45) is 5.10 Å². The molecule has 1 heterocycles. The van der Waals surface area contributed by atoms with Crippen LogP contribution in [-0.2, 0) is 14.8 Å². The Bertz CT molecular complexity index is 1270. The molecule has 0 saturated carbocycles. The fourth-order valence-electron chi connectivity index (χ4n) is 3.39. The second-order valence-electron chi connectivity index (χ2n) is 7.40. The number of rotatable bonds is 8. The van der Waals surface area contributed by atoms with Crippen molar-refractivity contribution in [2.45, 2.75) is 13.8 Å². The molecule has 0 unspecified atom stereocenters. The summed E-state index contributed by atoms with van der Waals surface area (Å²) in [6.45, 7) is 3.55. The number of nitrogens with zero attached hydrogens (tertiary/aromatic N) is 3. The second-order valence-corrected chi connectivity index (χ2v) is 10.2. The monoisotopic (exact) mass is 532 g/mol. The van der Waals surface area contributed by atoms with Crippen molar-refractivity contribution in [3.8, 4) is 11.4 Å². The summed E-state index contributed by atoms with van der Waals surface area (Å²) in [6.07, 6.45) is 2.60. The van der Waals surface area contributed by atoms with E-state index in [1.54, 1.807) is 30.5 Å². The van der Waals surface area contributed by atoms with Crippen LogP contribution >= 0.6 is 15.9 Å². The number of carbonyl (C=O) groups is 1. The average Bonchev–Trinajstić information content (AvgIpc) is 3.05.